The van der Waals surface area contributed by atoms with E-state index in [-0.39, 0.29) is 42.3 Å². The van der Waals surface area contributed by atoms with Crippen molar-refractivity contribution in [3.05, 3.63) is 0 Å². The molecule has 4 saturated carbocycles. The van der Waals surface area contributed by atoms with Crippen LogP contribution in [-0.4, -0.2) is 74.5 Å². The highest BCUT2D eigenvalue weighted by Crippen LogP contribution is 2.68. The van der Waals surface area contributed by atoms with E-state index in [2.05, 4.69) is 27.1 Å². The molecule has 4 fully saturated rings. The standard InChI is InChI=1S/C32H53O10P/c1-19(5-9-27(35)41-18-42-28(36)10-6-20(30(37)38)17-43(4,39)40)23-7-8-24-29-25(12-14-32(23,24)3)31(2)13-11-22(33)15-21(31)16-26(29)34/h19-26,29,33-34,39-40H,4-18H2,1-3H3,(H,37,38)/t19-,20?,21+,22-,23?,24?,25?,26+,29?,31+,32-/m1/s1. The lowest BCUT2D eigenvalue weighted by Crippen LogP contribution is -2.58. The van der Waals surface area contributed by atoms with Crippen LogP contribution in [0.2, 0.25) is 0 Å². The quantitative estimate of drug-likeness (QED) is 0.120. The molecule has 11 heteroatoms. The molecule has 0 spiro atoms. The van der Waals surface area contributed by atoms with Gasteiger partial charge < -0.3 is 34.6 Å². The van der Waals surface area contributed by atoms with Crippen LogP contribution in [-0.2, 0) is 23.9 Å². The van der Waals surface area contributed by atoms with Gasteiger partial charge in [0.1, 0.15) is 7.34 Å². The average Bonchev–Trinajstić information content (AvgIpc) is 3.27. The fourth-order valence-corrected chi connectivity index (χ4v) is 11.0. The van der Waals surface area contributed by atoms with Gasteiger partial charge in [0.05, 0.1) is 18.1 Å². The van der Waals surface area contributed by atoms with Crippen LogP contribution in [0.15, 0.2) is 0 Å². The van der Waals surface area contributed by atoms with Crippen LogP contribution < -0.4 is 0 Å². The smallest absolute Gasteiger partial charge is 0.308 e. The predicted molar refractivity (Wildman–Crippen MR) is 162 cm³/mol. The van der Waals surface area contributed by atoms with Gasteiger partial charge in [-0.3, -0.25) is 14.4 Å². The number of hydrogen-bond acceptors (Lipinski definition) is 9. The molecule has 5 unspecified atom stereocenters. The van der Waals surface area contributed by atoms with Crippen molar-refractivity contribution in [1.29, 1.82) is 0 Å². The zero-order valence-electron chi connectivity index (χ0n) is 26.0. The minimum Gasteiger partial charge on any atom is -0.481 e. The molecule has 4 rings (SSSR count). The molecule has 0 aromatic rings. The van der Waals surface area contributed by atoms with Gasteiger partial charge >= 0.3 is 17.9 Å². The van der Waals surface area contributed by atoms with Crippen molar-refractivity contribution < 1.29 is 49.0 Å². The summed E-state index contributed by atoms with van der Waals surface area (Å²) >= 11 is 0. The number of aliphatic hydroxyl groups is 2. The molecular weight excluding hydrogens is 575 g/mol. The average molecular weight is 629 g/mol. The highest BCUT2D eigenvalue weighted by molar-refractivity contribution is 7.62. The largest absolute Gasteiger partial charge is 0.481 e. The summed E-state index contributed by atoms with van der Waals surface area (Å²) in [5.74, 6) is -1.17. The van der Waals surface area contributed by atoms with Gasteiger partial charge in [-0.2, -0.15) is 0 Å². The molecule has 246 valence electrons. The fourth-order valence-electron chi connectivity index (χ4n) is 9.97. The van der Waals surface area contributed by atoms with Crippen molar-refractivity contribution in [2.75, 3.05) is 13.0 Å². The predicted octanol–water partition coefficient (Wildman–Crippen LogP) is 4.18. The van der Waals surface area contributed by atoms with Crippen molar-refractivity contribution in [2.45, 2.75) is 110 Å². The summed E-state index contributed by atoms with van der Waals surface area (Å²) in [6.07, 6.45) is 10.6. The first-order chi connectivity index (χ1) is 20.0. The van der Waals surface area contributed by atoms with E-state index in [1.165, 1.54) is 0 Å². The maximum Gasteiger partial charge on any atom is 0.308 e. The lowest BCUT2D eigenvalue weighted by molar-refractivity contribution is -0.174. The van der Waals surface area contributed by atoms with Gasteiger partial charge in [-0.1, -0.05) is 27.1 Å². The number of carboxylic acid groups (broad SMARTS) is 1. The highest BCUT2D eigenvalue weighted by Gasteiger charge is 2.62. The molecule has 4 aliphatic rings. The Morgan fingerprint density at radius 1 is 0.907 bits per heavy atom. The Kier molecular flexibility index (Phi) is 10.8. The normalized spacial score (nSPS) is 38.6. The van der Waals surface area contributed by atoms with Gasteiger partial charge in [0.25, 0.3) is 0 Å². The maximum atomic E-state index is 12.4. The first-order valence-corrected chi connectivity index (χ1v) is 18.2. The second-order valence-electron chi connectivity index (χ2n) is 14.8. The molecule has 0 aromatic carbocycles. The Balaban J connectivity index is 1.23. The monoisotopic (exact) mass is 628 g/mol. The van der Waals surface area contributed by atoms with E-state index in [1.54, 1.807) is 0 Å². The number of ether oxygens (including phenoxy) is 2. The minimum atomic E-state index is -3.55. The second kappa shape index (κ2) is 13.5. The number of carbonyl (C=O) groups excluding carboxylic acids is 2. The SMILES string of the molecule is C=P(O)(O)CC(CCC(=O)OCOC(=O)CC[C@@H](C)C1CCC2C3C(CC[C@@]21C)[C@@]1(C)CC[C@@H](O)C[C@H]1C[C@@H]3O)C(=O)O. The molecule has 4 aliphatic carbocycles. The minimum absolute atomic E-state index is 0.119. The Morgan fingerprint density at radius 2 is 1.51 bits per heavy atom. The van der Waals surface area contributed by atoms with E-state index in [4.69, 9.17) is 9.47 Å². The topological polar surface area (TPSA) is 171 Å². The molecule has 0 radical (unpaired) electrons. The zero-order chi connectivity index (χ0) is 31.7. The summed E-state index contributed by atoms with van der Waals surface area (Å²) in [5, 5.41) is 31.0. The third-order valence-electron chi connectivity index (χ3n) is 12.2. The van der Waals surface area contributed by atoms with E-state index in [9.17, 15) is 39.5 Å². The molecule has 11 atom stereocenters. The summed E-state index contributed by atoms with van der Waals surface area (Å²) in [5.41, 5.74) is 0.312. The lowest BCUT2D eigenvalue weighted by Gasteiger charge is -2.62. The molecule has 0 heterocycles. The molecule has 5 N–H and O–H groups in total. The van der Waals surface area contributed by atoms with Crippen LogP contribution in [0.1, 0.15) is 97.8 Å². The van der Waals surface area contributed by atoms with E-state index in [0.717, 1.165) is 51.4 Å². The van der Waals surface area contributed by atoms with Gasteiger partial charge in [-0.15, -0.1) is 0 Å². The van der Waals surface area contributed by atoms with Crippen molar-refractivity contribution >= 4 is 31.5 Å². The number of hydrogen-bond donors (Lipinski definition) is 5. The summed E-state index contributed by atoms with van der Waals surface area (Å²) in [6.45, 7) is 6.48. The number of fused-ring (bicyclic) bond motifs is 5. The summed E-state index contributed by atoms with van der Waals surface area (Å²) in [6, 6.07) is 0. The van der Waals surface area contributed by atoms with Crippen LogP contribution in [0.3, 0.4) is 0 Å². The van der Waals surface area contributed by atoms with Crippen molar-refractivity contribution in [3.8, 4) is 0 Å². The molecule has 0 aromatic heterocycles. The summed E-state index contributed by atoms with van der Waals surface area (Å²) < 4.78 is 10.0. The molecule has 0 bridgehead atoms. The fraction of sp³-hybridized carbons (Fsp3) is 0.875. The van der Waals surface area contributed by atoms with Gasteiger partial charge in [-0.05, 0) is 111 Å². The number of esters is 2. The third kappa shape index (κ3) is 7.69. The van der Waals surface area contributed by atoms with E-state index in [0.29, 0.717) is 41.9 Å². The molecular formula is C32H53O10P. The second-order valence-corrected chi connectivity index (χ2v) is 16.9. The first-order valence-electron chi connectivity index (χ1n) is 16.1. The highest BCUT2D eigenvalue weighted by atomic mass is 31.2. The Labute approximate surface area is 255 Å². The van der Waals surface area contributed by atoms with Crippen LogP contribution in [0.5, 0.6) is 0 Å². The summed E-state index contributed by atoms with van der Waals surface area (Å²) in [4.78, 5) is 54.6. The number of aliphatic carboxylic acids is 1. The zero-order valence-corrected chi connectivity index (χ0v) is 26.9. The van der Waals surface area contributed by atoms with E-state index >= 15 is 0 Å². The van der Waals surface area contributed by atoms with Crippen molar-refractivity contribution in [1.82, 2.24) is 0 Å². The van der Waals surface area contributed by atoms with E-state index < -0.39 is 44.1 Å². The molecule has 0 saturated heterocycles. The van der Waals surface area contributed by atoms with Gasteiger partial charge in [0.2, 0.25) is 6.79 Å². The Bertz CT molecular complexity index is 1070. The van der Waals surface area contributed by atoms with Crippen molar-refractivity contribution in [2.24, 2.45) is 52.3 Å². The van der Waals surface area contributed by atoms with Gasteiger partial charge in [-0.25, -0.2) is 0 Å². The third-order valence-corrected chi connectivity index (χ3v) is 13.2. The van der Waals surface area contributed by atoms with Crippen molar-refractivity contribution in [3.63, 3.8) is 0 Å². The number of aliphatic hydroxyl groups excluding tert-OH is 2. The van der Waals surface area contributed by atoms with Crippen LogP contribution in [0, 0.1) is 52.3 Å². The van der Waals surface area contributed by atoms with E-state index in [1.807, 2.05) is 0 Å². The molecule has 43 heavy (non-hydrogen) atoms. The molecule has 0 amide bonds. The van der Waals surface area contributed by atoms with Crippen LogP contribution >= 0.6 is 7.34 Å². The number of carbonyl (C=O) groups is 3. The molecule has 0 aliphatic heterocycles. The van der Waals surface area contributed by atoms with Crippen LogP contribution in [0.4, 0.5) is 0 Å². The first kappa shape index (κ1) is 34.4. The molecule has 10 nitrogen and oxygen atoms in total. The lowest BCUT2D eigenvalue weighted by atomic mass is 9.43. The van der Waals surface area contributed by atoms with Crippen LogP contribution in [0.25, 0.3) is 0 Å². The van der Waals surface area contributed by atoms with Gasteiger partial charge in [0, 0.05) is 19.0 Å². The summed E-state index contributed by atoms with van der Waals surface area (Å²) in [7, 11) is -3.55. The van der Waals surface area contributed by atoms with Gasteiger partial charge in [0.15, 0.2) is 0 Å². The Hall–Kier alpha value is -1.45. The number of rotatable bonds is 12. The Morgan fingerprint density at radius 3 is 2.14 bits per heavy atom. The maximum absolute atomic E-state index is 12.4. The number of carboxylic acids is 1.